The Kier molecular flexibility index (Phi) is 5.97. The van der Waals surface area contributed by atoms with Crippen LogP contribution >= 0.6 is 0 Å². The van der Waals surface area contributed by atoms with Crippen molar-refractivity contribution in [3.63, 3.8) is 0 Å². The number of hydrogen-bond donors (Lipinski definition) is 1. The second-order valence-electron chi connectivity index (χ2n) is 8.03. The van der Waals surface area contributed by atoms with Gasteiger partial charge in [-0.15, -0.1) is 0 Å². The SMILES string of the molecule is COCCCN1C(=O)CCN(C(=O)c2cc3ccc(OC)cc3[nH]2)CC12CCOC2. The topological polar surface area (TPSA) is 84.1 Å². The summed E-state index contributed by atoms with van der Waals surface area (Å²) in [5.41, 5.74) is 0.906. The van der Waals surface area contributed by atoms with Gasteiger partial charge in [-0.3, -0.25) is 9.59 Å². The largest absolute Gasteiger partial charge is 0.497 e. The normalized spacial score (nSPS) is 22.1. The molecule has 1 unspecified atom stereocenters. The Labute approximate surface area is 176 Å². The van der Waals surface area contributed by atoms with E-state index in [2.05, 4.69) is 4.98 Å². The Morgan fingerprint density at radius 1 is 1.30 bits per heavy atom. The highest BCUT2D eigenvalue weighted by atomic mass is 16.5. The smallest absolute Gasteiger partial charge is 0.270 e. The third-order valence-electron chi connectivity index (χ3n) is 6.11. The summed E-state index contributed by atoms with van der Waals surface area (Å²) in [6.45, 7) is 3.15. The molecule has 4 rings (SSSR count). The minimum Gasteiger partial charge on any atom is -0.497 e. The molecule has 2 fully saturated rings. The maximum absolute atomic E-state index is 13.4. The van der Waals surface area contributed by atoms with Crippen molar-refractivity contribution in [1.29, 1.82) is 0 Å². The molecule has 3 heterocycles. The average molecular weight is 415 g/mol. The minimum atomic E-state index is -0.466. The van der Waals surface area contributed by atoms with Gasteiger partial charge in [0.05, 0.1) is 19.3 Å². The van der Waals surface area contributed by atoms with Crippen LogP contribution in [0.5, 0.6) is 5.75 Å². The Hall–Kier alpha value is -2.58. The minimum absolute atomic E-state index is 0.0771. The standard InChI is InChI=1S/C22H29N3O5/c1-28-10-3-8-25-20(26)6-9-24(14-22(25)7-11-30-15-22)21(27)19-12-16-4-5-17(29-2)13-18(16)23-19/h4-5,12-13,23H,3,6-11,14-15H2,1-2H3. The number of nitrogens with one attached hydrogen (secondary N) is 1. The average Bonchev–Trinajstić information content (AvgIpc) is 3.37. The van der Waals surface area contributed by atoms with E-state index in [-0.39, 0.29) is 11.8 Å². The van der Waals surface area contributed by atoms with Gasteiger partial charge in [-0.25, -0.2) is 0 Å². The summed E-state index contributed by atoms with van der Waals surface area (Å²) in [6, 6.07) is 7.54. The molecule has 2 aliphatic rings. The molecule has 1 aromatic heterocycles. The van der Waals surface area contributed by atoms with Gasteiger partial charge in [0.15, 0.2) is 0 Å². The summed E-state index contributed by atoms with van der Waals surface area (Å²) < 4.78 is 16.1. The van der Waals surface area contributed by atoms with Crippen LogP contribution in [0.25, 0.3) is 10.9 Å². The number of rotatable bonds is 6. The number of amides is 2. The van der Waals surface area contributed by atoms with E-state index in [0.29, 0.717) is 51.6 Å². The molecule has 0 saturated carbocycles. The highest BCUT2D eigenvalue weighted by molar-refractivity contribution is 5.98. The summed E-state index contributed by atoms with van der Waals surface area (Å²) >= 11 is 0. The maximum atomic E-state index is 13.4. The van der Waals surface area contributed by atoms with E-state index in [1.54, 1.807) is 19.1 Å². The monoisotopic (exact) mass is 415 g/mol. The van der Waals surface area contributed by atoms with Gasteiger partial charge in [0.25, 0.3) is 5.91 Å². The number of ether oxygens (including phenoxy) is 3. The van der Waals surface area contributed by atoms with Gasteiger partial charge in [0.1, 0.15) is 11.4 Å². The molecule has 30 heavy (non-hydrogen) atoms. The van der Waals surface area contributed by atoms with Gasteiger partial charge < -0.3 is 29.0 Å². The van der Waals surface area contributed by atoms with Crippen LogP contribution in [0.1, 0.15) is 29.8 Å². The lowest BCUT2D eigenvalue weighted by atomic mass is 9.95. The number of nitrogens with zero attached hydrogens (tertiary/aromatic N) is 2. The molecule has 8 heteroatoms. The fraction of sp³-hybridized carbons (Fsp3) is 0.545. The number of benzene rings is 1. The number of H-pyrrole nitrogens is 1. The van der Waals surface area contributed by atoms with Gasteiger partial charge in [-0.05, 0) is 31.0 Å². The van der Waals surface area contributed by atoms with Crippen LogP contribution < -0.4 is 4.74 Å². The van der Waals surface area contributed by atoms with E-state index in [1.807, 2.05) is 29.2 Å². The molecule has 2 aromatic rings. The maximum Gasteiger partial charge on any atom is 0.270 e. The summed E-state index contributed by atoms with van der Waals surface area (Å²) in [4.78, 5) is 33.3. The second-order valence-corrected chi connectivity index (χ2v) is 8.03. The summed E-state index contributed by atoms with van der Waals surface area (Å²) in [7, 11) is 3.28. The lowest BCUT2D eigenvalue weighted by molar-refractivity contribution is -0.136. The lowest BCUT2D eigenvalue weighted by Gasteiger charge is -2.40. The zero-order chi connectivity index (χ0) is 21.1. The number of methoxy groups -OCH3 is 2. The van der Waals surface area contributed by atoms with Crippen LogP contribution in [0, 0.1) is 0 Å². The first kappa shape index (κ1) is 20.7. The van der Waals surface area contributed by atoms with Crippen LogP contribution in [-0.4, -0.2) is 85.8 Å². The van der Waals surface area contributed by atoms with E-state index < -0.39 is 5.54 Å². The van der Waals surface area contributed by atoms with Crippen molar-refractivity contribution in [2.75, 3.05) is 53.7 Å². The van der Waals surface area contributed by atoms with E-state index in [1.165, 1.54) is 0 Å². The first-order chi connectivity index (χ1) is 14.6. The quantitative estimate of drug-likeness (QED) is 0.730. The Morgan fingerprint density at radius 2 is 2.17 bits per heavy atom. The molecule has 162 valence electrons. The summed E-state index contributed by atoms with van der Waals surface area (Å²) in [6.07, 6.45) is 1.82. The summed E-state index contributed by atoms with van der Waals surface area (Å²) in [5.74, 6) is 0.716. The highest BCUT2D eigenvalue weighted by Crippen LogP contribution is 2.32. The van der Waals surface area contributed by atoms with Gasteiger partial charge in [0.2, 0.25) is 5.91 Å². The third-order valence-corrected chi connectivity index (χ3v) is 6.11. The fourth-order valence-corrected chi connectivity index (χ4v) is 4.50. The first-order valence-electron chi connectivity index (χ1n) is 10.4. The van der Waals surface area contributed by atoms with E-state index in [9.17, 15) is 9.59 Å². The number of carbonyl (C=O) groups excluding carboxylic acids is 2. The molecule has 2 aliphatic heterocycles. The number of aromatic amines is 1. The number of aromatic nitrogens is 1. The molecule has 8 nitrogen and oxygen atoms in total. The molecule has 1 spiro atoms. The molecule has 0 bridgehead atoms. The molecule has 0 radical (unpaired) electrons. The Morgan fingerprint density at radius 3 is 2.90 bits per heavy atom. The third kappa shape index (κ3) is 3.89. The summed E-state index contributed by atoms with van der Waals surface area (Å²) in [5, 5.41) is 0.949. The van der Waals surface area contributed by atoms with Crippen molar-refractivity contribution < 1.29 is 23.8 Å². The molecule has 2 saturated heterocycles. The van der Waals surface area contributed by atoms with E-state index in [0.717, 1.165) is 29.5 Å². The highest BCUT2D eigenvalue weighted by Gasteiger charge is 2.46. The van der Waals surface area contributed by atoms with Crippen molar-refractivity contribution in [2.24, 2.45) is 0 Å². The van der Waals surface area contributed by atoms with E-state index >= 15 is 0 Å². The molecule has 1 N–H and O–H groups in total. The zero-order valence-electron chi connectivity index (χ0n) is 17.6. The molecule has 1 aromatic carbocycles. The van der Waals surface area contributed by atoms with Crippen molar-refractivity contribution >= 4 is 22.7 Å². The predicted octanol–water partition coefficient (Wildman–Crippen LogP) is 2.05. The van der Waals surface area contributed by atoms with Gasteiger partial charge in [-0.1, -0.05) is 0 Å². The van der Waals surface area contributed by atoms with Crippen LogP contribution in [0.2, 0.25) is 0 Å². The van der Waals surface area contributed by atoms with Crippen molar-refractivity contribution in [1.82, 2.24) is 14.8 Å². The van der Waals surface area contributed by atoms with Gasteiger partial charge in [0, 0.05) is 63.3 Å². The first-order valence-corrected chi connectivity index (χ1v) is 10.4. The molecule has 0 aliphatic carbocycles. The number of carbonyl (C=O) groups is 2. The van der Waals surface area contributed by atoms with Crippen molar-refractivity contribution in [3.05, 3.63) is 30.0 Å². The fourth-order valence-electron chi connectivity index (χ4n) is 4.50. The lowest BCUT2D eigenvalue weighted by Crippen LogP contribution is -2.57. The van der Waals surface area contributed by atoms with Crippen LogP contribution in [0.4, 0.5) is 0 Å². The molecular weight excluding hydrogens is 386 g/mol. The predicted molar refractivity (Wildman–Crippen MR) is 112 cm³/mol. The molecule has 2 amide bonds. The van der Waals surface area contributed by atoms with Crippen LogP contribution in [0.3, 0.4) is 0 Å². The number of fused-ring (bicyclic) bond motifs is 1. The van der Waals surface area contributed by atoms with Crippen LogP contribution in [-0.2, 0) is 14.3 Å². The van der Waals surface area contributed by atoms with Crippen molar-refractivity contribution in [3.8, 4) is 5.75 Å². The van der Waals surface area contributed by atoms with E-state index in [4.69, 9.17) is 14.2 Å². The van der Waals surface area contributed by atoms with Gasteiger partial charge >= 0.3 is 0 Å². The van der Waals surface area contributed by atoms with Crippen LogP contribution in [0.15, 0.2) is 24.3 Å². The number of hydrogen-bond acceptors (Lipinski definition) is 5. The molecular formula is C22H29N3O5. The second kappa shape index (κ2) is 8.65. The Bertz CT molecular complexity index is 919. The Balaban J connectivity index is 1.58. The van der Waals surface area contributed by atoms with Crippen molar-refractivity contribution in [2.45, 2.75) is 24.8 Å². The van der Waals surface area contributed by atoms with Gasteiger partial charge in [-0.2, -0.15) is 0 Å². The molecule has 1 atom stereocenters. The zero-order valence-corrected chi connectivity index (χ0v) is 17.6.